The fraction of sp³-hybridized carbons (Fsp3) is 0.100. The molecule has 0 N–H and O–H groups in total. The van der Waals surface area contributed by atoms with Crippen LogP contribution in [-0.4, -0.2) is 18.2 Å². The van der Waals surface area contributed by atoms with Crippen molar-refractivity contribution in [2.24, 2.45) is 7.05 Å². The maximum absolute atomic E-state index is 12.2. The first kappa shape index (κ1) is 11.6. The summed E-state index contributed by atoms with van der Waals surface area (Å²) in [6.07, 6.45) is 3.48. The molecule has 0 amide bonds. The third kappa shape index (κ3) is 3.04. The van der Waals surface area contributed by atoms with Gasteiger partial charge in [0.2, 0.25) is 0 Å². The van der Waals surface area contributed by atoms with Crippen LogP contribution in [0.3, 0.4) is 0 Å². The van der Waals surface area contributed by atoms with Gasteiger partial charge in [0.1, 0.15) is 5.75 Å². The van der Waals surface area contributed by atoms with Crippen LogP contribution in [0, 0.1) is 0 Å². The van der Waals surface area contributed by atoms with Crippen LogP contribution >= 0.6 is 0 Å². The highest BCUT2D eigenvalue weighted by atomic mass is 32.3. The zero-order chi connectivity index (χ0) is 12.5. The van der Waals surface area contributed by atoms with E-state index >= 15 is 0 Å². The lowest BCUT2D eigenvalue weighted by atomic mass is 10.1. The molecule has 1 heterocycles. The van der Waals surface area contributed by atoms with Gasteiger partial charge in [0.05, 0.1) is 6.20 Å². The van der Waals surface area contributed by atoms with Gasteiger partial charge in [0.15, 0.2) is 0 Å². The maximum atomic E-state index is 12.2. The number of aromatic nitrogens is 2. The molecule has 17 heavy (non-hydrogen) atoms. The number of nitrogens with zero attached hydrogens (tertiary/aromatic N) is 2. The molecule has 2 rings (SSSR count). The molecule has 1 aromatic carbocycles. The highest BCUT2D eigenvalue weighted by Gasteiger charge is 2.09. The van der Waals surface area contributed by atoms with E-state index in [0.717, 1.165) is 11.1 Å². The summed E-state index contributed by atoms with van der Waals surface area (Å²) in [5.74, 6) is -0.0693. The highest BCUT2D eigenvalue weighted by molar-refractivity contribution is 7.81. The molecule has 0 unspecified atom stereocenters. The zero-order valence-electron chi connectivity index (χ0n) is 8.87. The van der Waals surface area contributed by atoms with E-state index in [1.807, 2.05) is 6.20 Å². The second-order valence-corrected chi connectivity index (χ2v) is 4.36. The van der Waals surface area contributed by atoms with Crippen molar-refractivity contribution in [3.63, 3.8) is 0 Å². The Balaban J connectivity index is 2.24. The molecule has 0 radical (unpaired) electrons. The van der Waals surface area contributed by atoms with E-state index in [4.69, 9.17) is 0 Å². The third-order valence-electron chi connectivity index (χ3n) is 2.09. The number of halogens is 1. The van der Waals surface area contributed by atoms with Gasteiger partial charge in [-0.3, -0.25) is 4.68 Å². The fourth-order valence-electron chi connectivity index (χ4n) is 1.39. The van der Waals surface area contributed by atoms with E-state index in [2.05, 4.69) is 9.28 Å². The quantitative estimate of drug-likeness (QED) is 0.784. The zero-order valence-corrected chi connectivity index (χ0v) is 9.69. The fourth-order valence-corrected chi connectivity index (χ4v) is 1.73. The topological polar surface area (TPSA) is 61.2 Å². The normalized spacial score (nSPS) is 11.4. The summed E-state index contributed by atoms with van der Waals surface area (Å²) in [6.45, 7) is 0. The molecule has 0 aliphatic rings. The van der Waals surface area contributed by atoms with Crippen LogP contribution in [0.1, 0.15) is 0 Å². The van der Waals surface area contributed by atoms with Crippen molar-refractivity contribution in [1.29, 1.82) is 0 Å². The Morgan fingerprint density at radius 2 is 1.88 bits per heavy atom. The molecular weight excluding hydrogens is 247 g/mol. The maximum Gasteiger partial charge on any atom is 0.488 e. The predicted molar refractivity (Wildman–Crippen MR) is 59.3 cm³/mol. The van der Waals surface area contributed by atoms with E-state index in [1.54, 1.807) is 30.1 Å². The van der Waals surface area contributed by atoms with Crippen LogP contribution in [0.4, 0.5) is 3.89 Å². The van der Waals surface area contributed by atoms with Crippen LogP contribution < -0.4 is 4.18 Å². The van der Waals surface area contributed by atoms with E-state index in [-0.39, 0.29) is 5.75 Å². The van der Waals surface area contributed by atoms with Crippen molar-refractivity contribution in [2.45, 2.75) is 0 Å². The van der Waals surface area contributed by atoms with Crippen molar-refractivity contribution in [3.05, 3.63) is 36.7 Å². The molecule has 5 nitrogen and oxygen atoms in total. The minimum absolute atomic E-state index is 0.0693. The van der Waals surface area contributed by atoms with Crippen LogP contribution in [0.25, 0.3) is 11.1 Å². The molecule has 0 fully saturated rings. The minimum Gasteiger partial charge on any atom is -0.358 e. The van der Waals surface area contributed by atoms with Gasteiger partial charge in [-0.15, -0.1) is 0 Å². The van der Waals surface area contributed by atoms with Gasteiger partial charge in [-0.2, -0.15) is 13.5 Å². The summed E-state index contributed by atoms with van der Waals surface area (Å²) in [5.41, 5.74) is 1.71. The van der Waals surface area contributed by atoms with Gasteiger partial charge in [-0.1, -0.05) is 16.0 Å². The van der Waals surface area contributed by atoms with Crippen LogP contribution in [0.5, 0.6) is 5.75 Å². The first-order valence-corrected chi connectivity index (χ1v) is 5.98. The number of rotatable bonds is 3. The summed E-state index contributed by atoms with van der Waals surface area (Å²) in [4.78, 5) is 0. The SMILES string of the molecule is Cn1cc(-c2ccc(OS(=O)(=O)F)cc2)cn1. The molecule has 0 saturated carbocycles. The Bertz CT molecular complexity index is 619. The van der Waals surface area contributed by atoms with E-state index < -0.39 is 10.5 Å². The van der Waals surface area contributed by atoms with Crippen LogP contribution in [-0.2, 0) is 17.6 Å². The number of hydrogen-bond donors (Lipinski definition) is 0. The molecule has 2 aromatic rings. The molecule has 0 aliphatic carbocycles. The smallest absolute Gasteiger partial charge is 0.358 e. The first-order chi connectivity index (χ1) is 7.94. The Hall–Kier alpha value is -1.89. The molecule has 0 atom stereocenters. The molecule has 0 spiro atoms. The average Bonchev–Trinajstić information content (AvgIpc) is 2.63. The van der Waals surface area contributed by atoms with Gasteiger partial charge < -0.3 is 4.18 Å². The van der Waals surface area contributed by atoms with Gasteiger partial charge in [-0.05, 0) is 17.7 Å². The lowest BCUT2D eigenvalue weighted by molar-refractivity contribution is 0.440. The lowest BCUT2D eigenvalue weighted by Gasteiger charge is -2.01. The van der Waals surface area contributed by atoms with Crippen molar-refractivity contribution < 1.29 is 16.5 Å². The molecular formula is C10H9FN2O3S. The third-order valence-corrected chi connectivity index (χ3v) is 2.48. The summed E-state index contributed by atoms with van der Waals surface area (Å²) in [6, 6.07) is 5.99. The molecule has 1 aromatic heterocycles. The monoisotopic (exact) mass is 256 g/mol. The van der Waals surface area contributed by atoms with Crippen molar-refractivity contribution in [3.8, 4) is 16.9 Å². The molecule has 90 valence electrons. The number of benzene rings is 1. The van der Waals surface area contributed by atoms with Gasteiger partial charge in [-0.25, -0.2) is 0 Å². The molecule has 0 bridgehead atoms. The van der Waals surface area contributed by atoms with Gasteiger partial charge in [0.25, 0.3) is 0 Å². The highest BCUT2D eigenvalue weighted by Crippen LogP contribution is 2.22. The largest absolute Gasteiger partial charge is 0.488 e. The second kappa shape index (κ2) is 4.17. The Labute approximate surface area is 97.9 Å². The molecule has 7 heteroatoms. The van der Waals surface area contributed by atoms with Gasteiger partial charge in [0, 0.05) is 18.8 Å². The van der Waals surface area contributed by atoms with E-state index in [0.29, 0.717) is 0 Å². The van der Waals surface area contributed by atoms with E-state index in [1.165, 1.54) is 12.1 Å². The van der Waals surface area contributed by atoms with Crippen molar-refractivity contribution in [2.75, 3.05) is 0 Å². The Morgan fingerprint density at radius 3 is 2.35 bits per heavy atom. The first-order valence-electron chi connectivity index (χ1n) is 4.67. The van der Waals surface area contributed by atoms with E-state index in [9.17, 15) is 12.3 Å². The van der Waals surface area contributed by atoms with Crippen LogP contribution in [0.15, 0.2) is 36.7 Å². The number of hydrogen-bond acceptors (Lipinski definition) is 4. The average molecular weight is 256 g/mol. The Kier molecular flexibility index (Phi) is 2.84. The van der Waals surface area contributed by atoms with Gasteiger partial charge >= 0.3 is 10.5 Å². The summed E-state index contributed by atoms with van der Waals surface area (Å²) in [7, 11) is -3.18. The van der Waals surface area contributed by atoms with Crippen molar-refractivity contribution in [1.82, 2.24) is 9.78 Å². The summed E-state index contributed by atoms with van der Waals surface area (Å²) < 4.78 is 38.5. The second-order valence-electron chi connectivity index (χ2n) is 3.40. The summed E-state index contributed by atoms with van der Waals surface area (Å²) in [5, 5.41) is 4.00. The van der Waals surface area contributed by atoms with Crippen molar-refractivity contribution >= 4 is 10.5 Å². The molecule has 0 saturated heterocycles. The molecule has 0 aliphatic heterocycles. The lowest BCUT2D eigenvalue weighted by Crippen LogP contribution is -2.00. The summed E-state index contributed by atoms with van der Waals surface area (Å²) >= 11 is 0. The minimum atomic E-state index is -4.97. The predicted octanol–water partition coefficient (Wildman–Crippen LogP) is 1.68. The standard InChI is InChI=1S/C10H9FN2O3S/c1-13-7-9(6-12-13)8-2-4-10(5-3-8)16-17(11,14)15/h2-7H,1H3. The number of aryl methyl sites for hydroxylation is 1. The Morgan fingerprint density at radius 1 is 1.24 bits per heavy atom. The van der Waals surface area contributed by atoms with Crippen LogP contribution in [0.2, 0.25) is 0 Å².